The number of hydrogen-bond acceptors (Lipinski definition) is 3. The van der Waals surface area contributed by atoms with Gasteiger partial charge in [0.05, 0.1) is 5.56 Å². The number of aromatic nitrogens is 2. The van der Waals surface area contributed by atoms with Gasteiger partial charge in [-0.05, 0) is 55.9 Å². The van der Waals surface area contributed by atoms with Crippen LogP contribution in [0.1, 0.15) is 47.8 Å². The Bertz CT molecular complexity index is 893. The van der Waals surface area contributed by atoms with E-state index in [0.717, 1.165) is 30.5 Å². The van der Waals surface area contributed by atoms with Gasteiger partial charge in [-0.15, -0.1) is 0 Å². The maximum atomic E-state index is 12.7. The number of benzene rings is 1. The van der Waals surface area contributed by atoms with Crippen LogP contribution in [-0.4, -0.2) is 46.1 Å². The number of carbonyl (C=O) groups is 2. The van der Waals surface area contributed by atoms with Gasteiger partial charge in [-0.3, -0.25) is 14.3 Å². The van der Waals surface area contributed by atoms with Crippen molar-refractivity contribution >= 4 is 11.8 Å². The lowest BCUT2D eigenvalue weighted by molar-refractivity contribution is -0.137. The molecule has 3 rings (SSSR count). The first-order chi connectivity index (χ1) is 14.8. The average Bonchev–Trinajstić information content (AvgIpc) is 3.22. The molecule has 1 N–H and O–H groups in total. The summed E-state index contributed by atoms with van der Waals surface area (Å²) in [6.45, 7) is 4.18. The van der Waals surface area contributed by atoms with Gasteiger partial charge in [0, 0.05) is 38.8 Å². The lowest BCUT2D eigenvalue weighted by Gasteiger charge is -2.32. The number of nitrogens with one attached hydrogen (secondary N) is 1. The van der Waals surface area contributed by atoms with E-state index in [1.165, 1.54) is 12.1 Å². The van der Waals surface area contributed by atoms with Crippen molar-refractivity contribution in [3.63, 3.8) is 0 Å². The molecule has 0 radical (unpaired) electrons. The first-order valence-electron chi connectivity index (χ1n) is 10.5. The minimum Gasteiger partial charge on any atom is -0.356 e. The van der Waals surface area contributed by atoms with E-state index in [1.54, 1.807) is 21.8 Å². The zero-order chi connectivity index (χ0) is 22.4. The second-order valence-corrected chi connectivity index (χ2v) is 7.81. The number of carbonyl (C=O) groups excluding carboxylic acids is 2. The van der Waals surface area contributed by atoms with Crippen LogP contribution in [0.25, 0.3) is 0 Å². The van der Waals surface area contributed by atoms with Crippen LogP contribution in [0.5, 0.6) is 0 Å². The molecule has 31 heavy (non-hydrogen) atoms. The van der Waals surface area contributed by atoms with Gasteiger partial charge in [0.25, 0.3) is 5.91 Å². The molecule has 1 unspecified atom stereocenters. The molecule has 0 saturated carbocycles. The second kappa shape index (κ2) is 9.98. The van der Waals surface area contributed by atoms with Crippen molar-refractivity contribution in [3.8, 4) is 0 Å². The first kappa shape index (κ1) is 22.8. The van der Waals surface area contributed by atoms with Crippen molar-refractivity contribution < 1.29 is 22.8 Å². The molecule has 2 heterocycles. The lowest BCUT2D eigenvalue weighted by atomic mass is 9.94. The van der Waals surface area contributed by atoms with Crippen LogP contribution < -0.4 is 5.32 Å². The fourth-order valence-corrected chi connectivity index (χ4v) is 3.77. The lowest BCUT2D eigenvalue weighted by Crippen LogP contribution is -2.41. The van der Waals surface area contributed by atoms with Gasteiger partial charge in [-0.25, -0.2) is 0 Å². The van der Waals surface area contributed by atoms with Gasteiger partial charge in [-0.2, -0.15) is 18.3 Å². The average molecular weight is 436 g/mol. The third-order valence-electron chi connectivity index (χ3n) is 5.48. The highest BCUT2D eigenvalue weighted by Gasteiger charge is 2.30. The standard InChI is InChI=1S/C22H27F3N4O2/c1-2-29-13-10-19(27-29)21(31)28-12-3-4-17(15-28)14-20(30)26-11-9-16-5-7-18(8-6-16)22(23,24)25/h5-8,10,13,17H,2-4,9,11-12,14-15H2,1H3,(H,26,30). The molecule has 168 valence electrons. The van der Waals surface area contributed by atoms with Crippen molar-refractivity contribution in [2.24, 2.45) is 5.92 Å². The van der Waals surface area contributed by atoms with Crippen molar-refractivity contribution in [2.45, 2.75) is 45.3 Å². The summed E-state index contributed by atoms with van der Waals surface area (Å²) in [4.78, 5) is 26.7. The minimum absolute atomic E-state index is 0.0806. The van der Waals surface area contributed by atoms with Gasteiger partial charge in [0.2, 0.25) is 5.91 Å². The Balaban J connectivity index is 1.43. The van der Waals surface area contributed by atoms with E-state index >= 15 is 0 Å². The van der Waals surface area contributed by atoms with E-state index in [9.17, 15) is 22.8 Å². The molecule has 2 aromatic rings. The molecular formula is C22H27F3N4O2. The number of likely N-dealkylation sites (tertiary alicyclic amines) is 1. The normalized spacial score (nSPS) is 16.9. The monoisotopic (exact) mass is 436 g/mol. The van der Waals surface area contributed by atoms with Gasteiger partial charge < -0.3 is 10.2 Å². The summed E-state index contributed by atoms with van der Waals surface area (Å²) in [6.07, 6.45) is -0.0838. The van der Waals surface area contributed by atoms with E-state index in [4.69, 9.17) is 0 Å². The minimum atomic E-state index is -4.35. The Labute approximate surface area is 179 Å². The summed E-state index contributed by atoms with van der Waals surface area (Å²) in [6, 6.07) is 6.67. The van der Waals surface area contributed by atoms with Gasteiger partial charge in [0.15, 0.2) is 0 Å². The molecule has 0 bridgehead atoms. The molecule has 1 aromatic heterocycles. The zero-order valence-corrected chi connectivity index (χ0v) is 17.5. The number of alkyl halides is 3. The molecule has 1 atom stereocenters. The molecule has 0 spiro atoms. The second-order valence-electron chi connectivity index (χ2n) is 7.81. The van der Waals surface area contributed by atoms with Crippen LogP contribution in [0.15, 0.2) is 36.5 Å². The number of nitrogens with zero attached hydrogens (tertiary/aromatic N) is 3. The van der Waals surface area contributed by atoms with Crippen LogP contribution in [0.3, 0.4) is 0 Å². The Kier molecular flexibility index (Phi) is 7.35. The Morgan fingerprint density at radius 1 is 1.19 bits per heavy atom. The predicted molar refractivity (Wildman–Crippen MR) is 109 cm³/mol. The zero-order valence-electron chi connectivity index (χ0n) is 17.5. The highest BCUT2D eigenvalue weighted by molar-refractivity contribution is 5.92. The van der Waals surface area contributed by atoms with Crippen molar-refractivity contribution in [1.82, 2.24) is 20.0 Å². The predicted octanol–water partition coefficient (Wildman–Crippen LogP) is 3.52. The molecule has 6 nitrogen and oxygen atoms in total. The van der Waals surface area contributed by atoms with Crippen LogP contribution in [0, 0.1) is 5.92 Å². The van der Waals surface area contributed by atoms with E-state index < -0.39 is 11.7 Å². The van der Waals surface area contributed by atoms with Crippen molar-refractivity contribution in [1.29, 1.82) is 0 Å². The molecule has 2 amide bonds. The van der Waals surface area contributed by atoms with E-state index in [0.29, 0.717) is 44.7 Å². The van der Waals surface area contributed by atoms with Gasteiger partial charge >= 0.3 is 6.18 Å². The summed E-state index contributed by atoms with van der Waals surface area (Å²) >= 11 is 0. The van der Waals surface area contributed by atoms with Crippen molar-refractivity contribution in [2.75, 3.05) is 19.6 Å². The summed E-state index contributed by atoms with van der Waals surface area (Å²) < 4.78 is 39.5. The van der Waals surface area contributed by atoms with Gasteiger partial charge in [-0.1, -0.05) is 12.1 Å². The molecule has 1 aliphatic rings. The summed E-state index contributed by atoms with van der Waals surface area (Å²) in [5.74, 6) is -0.141. The quantitative estimate of drug-likeness (QED) is 0.722. The number of aryl methyl sites for hydroxylation is 1. The maximum absolute atomic E-state index is 12.7. The third-order valence-corrected chi connectivity index (χ3v) is 5.48. The van der Waals surface area contributed by atoms with Crippen LogP contribution >= 0.6 is 0 Å². The molecule has 1 saturated heterocycles. The SMILES string of the molecule is CCn1ccc(C(=O)N2CCCC(CC(=O)NCCc3ccc(C(F)(F)F)cc3)C2)n1. The first-order valence-corrected chi connectivity index (χ1v) is 10.5. The highest BCUT2D eigenvalue weighted by Crippen LogP contribution is 2.29. The number of halogens is 3. The van der Waals surface area contributed by atoms with E-state index in [1.807, 2.05) is 6.92 Å². The Morgan fingerprint density at radius 3 is 2.58 bits per heavy atom. The molecular weight excluding hydrogens is 409 g/mol. The van der Waals surface area contributed by atoms with Crippen LogP contribution in [0.2, 0.25) is 0 Å². The Morgan fingerprint density at radius 2 is 1.94 bits per heavy atom. The highest BCUT2D eigenvalue weighted by atomic mass is 19.4. The smallest absolute Gasteiger partial charge is 0.356 e. The fourth-order valence-electron chi connectivity index (χ4n) is 3.77. The number of piperidine rings is 1. The fraction of sp³-hybridized carbons (Fsp3) is 0.500. The molecule has 1 fully saturated rings. The Hall–Kier alpha value is -2.84. The van der Waals surface area contributed by atoms with E-state index in [-0.39, 0.29) is 17.7 Å². The van der Waals surface area contributed by atoms with E-state index in [2.05, 4.69) is 10.4 Å². The van der Waals surface area contributed by atoms with Crippen LogP contribution in [-0.2, 0) is 23.9 Å². The number of hydrogen-bond donors (Lipinski definition) is 1. The largest absolute Gasteiger partial charge is 0.416 e. The van der Waals surface area contributed by atoms with Crippen molar-refractivity contribution in [3.05, 3.63) is 53.3 Å². The topological polar surface area (TPSA) is 67.2 Å². The van der Waals surface area contributed by atoms with Gasteiger partial charge in [0.1, 0.15) is 5.69 Å². The third kappa shape index (κ3) is 6.32. The molecule has 9 heteroatoms. The number of rotatable bonds is 7. The molecule has 0 aliphatic carbocycles. The van der Waals surface area contributed by atoms with Crippen LogP contribution in [0.4, 0.5) is 13.2 Å². The maximum Gasteiger partial charge on any atom is 0.416 e. The summed E-state index contributed by atoms with van der Waals surface area (Å²) in [7, 11) is 0. The molecule has 1 aliphatic heterocycles. The molecule has 1 aromatic carbocycles. The summed E-state index contributed by atoms with van der Waals surface area (Å²) in [5.41, 5.74) is 0.468. The summed E-state index contributed by atoms with van der Waals surface area (Å²) in [5, 5.41) is 7.09. The number of amides is 2.